The van der Waals surface area contributed by atoms with Gasteiger partial charge in [0.15, 0.2) is 0 Å². The summed E-state index contributed by atoms with van der Waals surface area (Å²) in [4.78, 5) is 0. The van der Waals surface area contributed by atoms with Crippen molar-refractivity contribution in [3.8, 4) is 0 Å². The van der Waals surface area contributed by atoms with Crippen molar-refractivity contribution in [1.82, 2.24) is 9.78 Å². The summed E-state index contributed by atoms with van der Waals surface area (Å²) in [6.45, 7) is 2.52. The fourth-order valence-corrected chi connectivity index (χ4v) is 6.12. The Labute approximate surface area is 132 Å². The van der Waals surface area contributed by atoms with E-state index in [0.717, 1.165) is 17.8 Å². The number of hydrogen-bond donors (Lipinski definition) is 0. The average molecular weight is 292 g/mol. The highest BCUT2D eigenvalue weighted by atomic mass is 15.3. The first-order chi connectivity index (χ1) is 10.7. The summed E-state index contributed by atoms with van der Waals surface area (Å²) in [6.07, 6.45) is 8.70. The molecule has 114 valence electrons. The zero-order valence-corrected chi connectivity index (χ0v) is 13.5. The molecule has 5 rings (SSSR count). The van der Waals surface area contributed by atoms with Gasteiger partial charge in [-0.1, -0.05) is 31.2 Å². The molecule has 3 aliphatic rings. The first-order valence-corrected chi connectivity index (χ1v) is 8.77. The molecule has 0 aliphatic heterocycles. The molecular weight excluding hydrogens is 268 g/mol. The Balaban J connectivity index is 1.58. The minimum atomic E-state index is 0.355. The molecular formula is C20H24N2. The van der Waals surface area contributed by atoms with Crippen LogP contribution in [0.1, 0.15) is 54.5 Å². The van der Waals surface area contributed by atoms with Crippen LogP contribution < -0.4 is 0 Å². The van der Waals surface area contributed by atoms with Crippen molar-refractivity contribution in [3.63, 3.8) is 0 Å². The molecule has 2 nitrogen and oxygen atoms in total. The molecule has 22 heavy (non-hydrogen) atoms. The largest absolute Gasteiger partial charge is 0.272 e. The van der Waals surface area contributed by atoms with Gasteiger partial charge in [-0.15, -0.1) is 0 Å². The van der Waals surface area contributed by atoms with Crippen molar-refractivity contribution in [1.29, 1.82) is 0 Å². The van der Waals surface area contributed by atoms with E-state index in [-0.39, 0.29) is 0 Å². The molecule has 1 fully saturated rings. The van der Waals surface area contributed by atoms with Crippen LogP contribution in [-0.4, -0.2) is 9.78 Å². The molecule has 0 bridgehead atoms. The molecule has 1 saturated carbocycles. The number of hydrogen-bond acceptors (Lipinski definition) is 1. The van der Waals surface area contributed by atoms with E-state index in [0.29, 0.717) is 5.41 Å². The van der Waals surface area contributed by atoms with E-state index in [2.05, 4.69) is 54.2 Å². The number of fused-ring (bicyclic) bond motifs is 7. The van der Waals surface area contributed by atoms with Gasteiger partial charge in [-0.25, -0.2) is 0 Å². The van der Waals surface area contributed by atoms with E-state index in [1.807, 2.05) is 0 Å². The first kappa shape index (κ1) is 12.9. The summed E-state index contributed by atoms with van der Waals surface area (Å²) in [5.41, 5.74) is 6.69. The van der Waals surface area contributed by atoms with E-state index in [1.165, 1.54) is 43.4 Å². The standard InChI is InChI=1S/C20H24N2/c1-20-10-9-16-15-6-4-3-5-13(15)7-8-17(16)18(20)11-14-12-21-22(2)19(14)20/h3-6,12,16-18H,7-11H2,1-2H3. The smallest absolute Gasteiger partial charge is 0.0524 e. The van der Waals surface area contributed by atoms with Crippen LogP contribution >= 0.6 is 0 Å². The van der Waals surface area contributed by atoms with Gasteiger partial charge in [0.2, 0.25) is 0 Å². The van der Waals surface area contributed by atoms with Gasteiger partial charge in [0, 0.05) is 18.2 Å². The van der Waals surface area contributed by atoms with Gasteiger partial charge in [-0.2, -0.15) is 5.10 Å². The quantitative estimate of drug-likeness (QED) is 0.718. The van der Waals surface area contributed by atoms with E-state index >= 15 is 0 Å². The van der Waals surface area contributed by atoms with E-state index in [4.69, 9.17) is 0 Å². The fraction of sp³-hybridized carbons (Fsp3) is 0.550. The Morgan fingerprint density at radius 1 is 1.18 bits per heavy atom. The van der Waals surface area contributed by atoms with Crippen LogP contribution in [0, 0.1) is 11.8 Å². The van der Waals surface area contributed by atoms with Crippen LogP contribution in [0.2, 0.25) is 0 Å². The zero-order chi connectivity index (χ0) is 14.9. The first-order valence-electron chi connectivity index (χ1n) is 8.77. The molecule has 0 saturated heterocycles. The summed E-state index contributed by atoms with van der Waals surface area (Å²) in [7, 11) is 2.13. The maximum atomic E-state index is 4.53. The van der Waals surface area contributed by atoms with Crippen molar-refractivity contribution in [3.05, 3.63) is 52.8 Å². The average Bonchev–Trinajstić information content (AvgIpc) is 3.05. The van der Waals surface area contributed by atoms with Crippen LogP contribution in [0.5, 0.6) is 0 Å². The van der Waals surface area contributed by atoms with Gasteiger partial charge in [0.1, 0.15) is 0 Å². The lowest BCUT2D eigenvalue weighted by atomic mass is 9.55. The van der Waals surface area contributed by atoms with Crippen LogP contribution in [0.4, 0.5) is 0 Å². The molecule has 0 radical (unpaired) electrons. The van der Waals surface area contributed by atoms with Gasteiger partial charge in [0.05, 0.1) is 6.20 Å². The second-order valence-corrected chi connectivity index (χ2v) is 7.92. The third-order valence-electron chi connectivity index (χ3n) is 7.02. The lowest BCUT2D eigenvalue weighted by Gasteiger charge is -2.49. The predicted molar refractivity (Wildman–Crippen MR) is 88.0 cm³/mol. The van der Waals surface area contributed by atoms with Crippen LogP contribution in [0.3, 0.4) is 0 Å². The molecule has 1 aromatic carbocycles. The minimum Gasteiger partial charge on any atom is -0.272 e. The van der Waals surface area contributed by atoms with E-state index < -0.39 is 0 Å². The Morgan fingerprint density at radius 3 is 2.95 bits per heavy atom. The third kappa shape index (κ3) is 1.48. The number of aromatic nitrogens is 2. The molecule has 3 aliphatic carbocycles. The molecule has 0 amide bonds. The lowest BCUT2D eigenvalue weighted by molar-refractivity contribution is 0.101. The van der Waals surface area contributed by atoms with Gasteiger partial charge >= 0.3 is 0 Å². The number of aryl methyl sites for hydroxylation is 2. The Kier molecular flexibility index (Phi) is 2.49. The summed E-state index contributed by atoms with van der Waals surface area (Å²) < 4.78 is 2.16. The molecule has 2 aromatic rings. The molecule has 4 atom stereocenters. The number of nitrogens with zero attached hydrogens (tertiary/aromatic N) is 2. The van der Waals surface area contributed by atoms with Crippen LogP contribution in [0.25, 0.3) is 0 Å². The van der Waals surface area contributed by atoms with Crippen molar-refractivity contribution in [2.45, 2.75) is 50.4 Å². The predicted octanol–water partition coefficient (Wildman–Crippen LogP) is 3.99. The zero-order valence-electron chi connectivity index (χ0n) is 13.5. The summed E-state index contributed by atoms with van der Waals surface area (Å²) in [5, 5.41) is 4.53. The fourth-order valence-electron chi connectivity index (χ4n) is 6.12. The van der Waals surface area contributed by atoms with Crippen LogP contribution in [-0.2, 0) is 25.3 Å². The molecule has 1 heterocycles. The number of benzene rings is 1. The molecule has 1 aromatic heterocycles. The van der Waals surface area contributed by atoms with Gasteiger partial charge in [-0.3, -0.25) is 4.68 Å². The number of rotatable bonds is 0. The Bertz CT molecular complexity index is 744. The Hall–Kier alpha value is -1.57. The van der Waals surface area contributed by atoms with Crippen molar-refractivity contribution < 1.29 is 0 Å². The topological polar surface area (TPSA) is 17.8 Å². The minimum absolute atomic E-state index is 0.355. The highest BCUT2D eigenvalue weighted by Gasteiger charge is 2.54. The van der Waals surface area contributed by atoms with Gasteiger partial charge in [0.25, 0.3) is 0 Å². The molecule has 0 spiro atoms. The monoisotopic (exact) mass is 292 g/mol. The molecule has 2 heteroatoms. The van der Waals surface area contributed by atoms with Crippen molar-refractivity contribution >= 4 is 0 Å². The van der Waals surface area contributed by atoms with E-state index in [9.17, 15) is 0 Å². The van der Waals surface area contributed by atoms with Gasteiger partial charge < -0.3 is 0 Å². The maximum absolute atomic E-state index is 4.53. The second-order valence-electron chi connectivity index (χ2n) is 7.92. The summed E-state index contributed by atoms with van der Waals surface area (Å²) in [6, 6.07) is 9.21. The second kappa shape index (κ2) is 4.24. The highest BCUT2D eigenvalue weighted by molar-refractivity contribution is 5.40. The summed E-state index contributed by atoms with van der Waals surface area (Å²) in [5.74, 6) is 2.48. The molecule has 0 N–H and O–H groups in total. The van der Waals surface area contributed by atoms with Crippen molar-refractivity contribution in [2.75, 3.05) is 0 Å². The Morgan fingerprint density at radius 2 is 2.05 bits per heavy atom. The SMILES string of the molecule is Cn1ncc2c1C1(C)CCC3c4ccccc4CCC3C1C2. The normalized spacial score (nSPS) is 35.5. The summed E-state index contributed by atoms with van der Waals surface area (Å²) >= 11 is 0. The third-order valence-corrected chi connectivity index (χ3v) is 7.02. The highest BCUT2D eigenvalue weighted by Crippen LogP contribution is 2.59. The van der Waals surface area contributed by atoms with Gasteiger partial charge in [-0.05, 0) is 66.5 Å². The lowest BCUT2D eigenvalue weighted by Crippen LogP contribution is -2.44. The van der Waals surface area contributed by atoms with Crippen molar-refractivity contribution in [2.24, 2.45) is 18.9 Å². The maximum Gasteiger partial charge on any atom is 0.0524 e. The molecule has 4 unspecified atom stereocenters. The van der Waals surface area contributed by atoms with E-state index in [1.54, 1.807) is 11.1 Å². The van der Waals surface area contributed by atoms with Crippen LogP contribution in [0.15, 0.2) is 30.5 Å².